The summed E-state index contributed by atoms with van der Waals surface area (Å²) in [7, 11) is 0. The Morgan fingerprint density at radius 2 is 1.64 bits per heavy atom. The van der Waals surface area contributed by atoms with Gasteiger partial charge in [-0.1, -0.05) is 12.1 Å². The molecule has 0 bridgehead atoms. The fraction of sp³-hybridized carbons (Fsp3) is 0. The van der Waals surface area contributed by atoms with Crippen LogP contribution < -0.4 is 11.5 Å². The first-order valence-electron chi connectivity index (χ1n) is 6.24. The van der Waals surface area contributed by atoms with Gasteiger partial charge >= 0.3 is 0 Å². The molecule has 0 saturated carbocycles. The first-order chi connectivity index (χ1) is 10.1. The van der Waals surface area contributed by atoms with Crippen LogP contribution in [0.2, 0.25) is 0 Å². The predicted molar refractivity (Wildman–Crippen MR) is 85.2 cm³/mol. The molecule has 0 atom stereocenters. The number of halogens is 1. The van der Waals surface area contributed by atoms with Gasteiger partial charge in [-0.15, -0.1) is 0 Å². The molecule has 1 radical (unpaired) electrons. The molecule has 4 N–H and O–H groups in total. The number of nitrogens with zero attached hydrogens (tertiary/aromatic N) is 3. The number of hydrogen-bond acceptors (Lipinski definition) is 5. The largest absolute Gasteiger partial charge is 0.383 e. The standard InChI is InChI=1S/C15H12FN5.Na/c16-11-3-1-2-10(8-11)13-12(9-4-6-19-7-5-9)14(17)21-15(18)20-13;/h1-8H,(H4,17,18,20,21);. The summed E-state index contributed by atoms with van der Waals surface area (Å²) in [4.78, 5) is 12.2. The van der Waals surface area contributed by atoms with Gasteiger partial charge in [-0.3, -0.25) is 4.98 Å². The summed E-state index contributed by atoms with van der Waals surface area (Å²) in [6, 6.07) is 9.67. The number of benzene rings is 1. The molecule has 3 rings (SSSR count). The van der Waals surface area contributed by atoms with Gasteiger partial charge in [0.1, 0.15) is 11.6 Å². The Balaban J connectivity index is 0.00000176. The zero-order valence-corrected chi connectivity index (χ0v) is 14.0. The second-order valence-corrected chi connectivity index (χ2v) is 4.44. The molecule has 2 heterocycles. The van der Waals surface area contributed by atoms with E-state index in [9.17, 15) is 4.39 Å². The summed E-state index contributed by atoms with van der Waals surface area (Å²) in [6.07, 6.45) is 3.28. The van der Waals surface area contributed by atoms with E-state index in [1.807, 2.05) is 0 Å². The third-order valence-corrected chi connectivity index (χ3v) is 3.02. The maximum Gasteiger partial charge on any atom is 0.222 e. The van der Waals surface area contributed by atoms with Crippen molar-refractivity contribution in [3.63, 3.8) is 0 Å². The SMILES string of the molecule is Nc1nc(N)c(-c2ccncc2)c(-c2cccc(F)c2)n1.[Na]. The quantitative estimate of drug-likeness (QED) is 0.708. The van der Waals surface area contributed by atoms with Crippen LogP contribution in [0.25, 0.3) is 22.4 Å². The Morgan fingerprint density at radius 3 is 2.32 bits per heavy atom. The van der Waals surface area contributed by atoms with E-state index in [2.05, 4.69) is 15.0 Å². The second kappa shape index (κ2) is 6.83. The summed E-state index contributed by atoms with van der Waals surface area (Å²) >= 11 is 0. The number of anilines is 2. The Hall–Kier alpha value is -2.02. The van der Waals surface area contributed by atoms with E-state index in [1.165, 1.54) is 12.1 Å². The third-order valence-electron chi connectivity index (χ3n) is 3.02. The van der Waals surface area contributed by atoms with Crippen molar-refractivity contribution >= 4 is 41.3 Å². The molecule has 0 saturated heterocycles. The molecule has 1 aromatic carbocycles. The third kappa shape index (κ3) is 3.24. The number of nitrogen functional groups attached to an aromatic ring is 2. The van der Waals surface area contributed by atoms with Crippen LogP contribution in [0.1, 0.15) is 0 Å². The van der Waals surface area contributed by atoms with Crippen LogP contribution in [0.3, 0.4) is 0 Å². The van der Waals surface area contributed by atoms with Gasteiger partial charge in [0.15, 0.2) is 0 Å². The summed E-state index contributed by atoms with van der Waals surface area (Å²) in [5.41, 5.74) is 14.1. The summed E-state index contributed by atoms with van der Waals surface area (Å²) in [6.45, 7) is 0. The van der Waals surface area contributed by atoms with Gasteiger partial charge in [-0.05, 0) is 29.8 Å². The molecule has 2 aromatic heterocycles. The maximum absolute atomic E-state index is 13.5. The van der Waals surface area contributed by atoms with Crippen LogP contribution >= 0.6 is 0 Å². The van der Waals surface area contributed by atoms with Crippen LogP contribution in [-0.2, 0) is 0 Å². The number of aromatic nitrogens is 3. The minimum atomic E-state index is -0.357. The van der Waals surface area contributed by atoms with Gasteiger partial charge < -0.3 is 11.5 Å². The van der Waals surface area contributed by atoms with Gasteiger partial charge in [0.2, 0.25) is 5.95 Å². The van der Waals surface area contributed by atoms with Crippen molar-refractivity contribution in [3.8, 4) is 22.4 Å². The second-order valence-electron chi connectivity index (χ2n) is 4.44. The van der Waals surface area contributed by atoms with Crippen molar-refractivity contribution in [2.24, 2.45) is 0 Å². The monoisotopic (exact) mass is 304 g/mol. The first-order valence-corrected chi connectivity index (χ1v) is 6.24. The first kappa shape index (κ1) is 16.4. The predicted octanol–water partition coefficient (Wildman–Crippen LogP) is 2.13. The Labute approximate surface area is 148 Å². The van der Waals surface area contributed by atoms with Gasteiger partial charge in [-0.2, -0.15) is 4.98 Å². The van der Waals surface area contributed by atoms with Gasteiger partial charge in [0.05, 0.1) is 11.3 Å². The number of rotatable bonds is 2. The molecule has 105 valence electrons. The van der Waals surface area contributed by atoms with Crippen LogP contribution in [-0.4, -0.2) is 44.5 Å². The summed E-state index contributed by atoms with van der Waals surface area (Å²) in [5.74, 6) is -0.0681. The fourth-order valence-corrected chi connectivity index (χ4v) is 2.14. The average Bonchev–Trinajstić information content (AvgIpc) is 2.47. The minimum Gasteiger partial charge on any atom is -0.383 e. The molecule has 22 heavy (non-hydrogen) atoms. The van der Waals surface area contributed by atoms with E-state index in [0.717, 1.165) is 5.56 Å². The van der Waals surface area contributed by atoms with E-state index in [4.69, 9.17) is 11.5 Å². The molecule has 0 unspecified atom stereocenters. The van der Waals surface area contributed by atoms with Crippen molar-refractivity contribution in [2.45, 2.75) is 0 Å². The molecule has 5 nitrogen and oxygen atoms in total. The van der Waals surface area contributed by atoms with E-state index in [-0.39, 0.29) is 47.1 Å². The van der Waals surface area contributed by atoms with E-state index in [1.54, 1.807) is 36.7 Å². The zero-order chi connectivity index (χ0) is 14.8. The maximum atomic E-state index is 13.5. The van der Waals surface area contributed by atoms with Gasteiger partial charge in [-0.25, -0.2) is 9.37 Å². The zero-order valence-electron chi connectivity index (χ0n) is 12.0. The Kier molecular flexibility index (Phi) is 5.07. The van der Waals surface area contributed by atoms with E-state index < -0.39 is 0 Å². The molecule has 0 aliphatic rings. The molecule has 0 fully saturated rings. The van der Waals surface area contributed by atoms with Crippen molar-refractivity contribution in [3.05, 3.63) is 54.6 Å². The van der Waals surface area contributed by atoms with Gasteiger partial charge in [0, 0.05) is 47.5 Å². The van der Waals surface area contributed by atoms with Crippen molar-refractivity contribution in [1.29, 1.82) is 0 Å². The van der Waals surface area contributed by atoms with Crippen molar-refractivity contribution in [1.82, 2.24) is 15.0 Å². The molecule has 7 heteroatoms. The average molecular weight is 304 g/mol. The van der Waals surface area contributed by atoms with Crippen LogP contribution in [0, 0.1) is 5.82 Å². The number of pyridine rings is 1. The topological polar surface area (TPSA) is 90.7 Å². The Bertz CT molecular complexity index is 795. The van der Waals surface area contributed by atoms with E-state index >= 15 is 0 Å². The number of hydrogen-bond donors (Lipinski definition) is 2. The van der Waals surface area contributed by atoms with Gasteiger partial charge in [0.25, 0.3) is 0 Å². The Morgan fingerprint density at radius 1 is 0.909 bits per heavy atom. The molecule has 3 aromatic rings. The molecule has 0 aliphatic heterocycles. The molecule has 0 amide bonds. The van der Waals surface area contributed by atoms with Crippen molar-refractivity contribution in [2.75, 3.05) is 11.5 Å². The number of nitrogens with two attached hydrogens (primary N) is 2. The van der Waals surface area contributed by atoms with Crippen LogP contribution in [0.5, 0.6) is 0 Å². The van der Waals surface area contributed by atoms with E-state index in [0.29, 0.717) is 16.8 Å². The fourth-order valence-electron chi connectivity index (χ4n) is 2.14. The minimum absolute atomic E-state index is 0. The van der Waals surface area contributed by atoms with Crippen molar-refractivity contribution < 1.29 is 4.39 Å². The smallest absolute Gasteiger partial charge is 0.222 e. The molecular weight excluding hydrogens is 292 g/mol. The normalized spacial score (nSPS) is 10.0. The summed E-state index contributed by atoms with van der Waals surface area (Å²) in [5, 5.41) is 0. The molecular formula is C15H12FN5Na. The molecule has 0 aliphatic carbocycles. The van der Waals surface area contributed by atoms with Crippen LogP contribution in [0.15, 0.2) is 48.8 Å². The summed E-state index contributed by atoms with van der Waals surface area (Å²) < 4.78 is 13.5. The van der Waals surface area contributed by atoms with Crippen LogP contribution in [0.4, 0.5) is 16.2 Å². The molecule has 0 spiro atoms.